The molecule has 0 aromatic rings. The van der Waals surface area contributed by atoms with Gasteiger partial charge in [-0.25, -0.2) is 0 Å². The first kappa shape index (κ1) is 19.0. The molecule has 0 radical (unpaired) electrons. The highest BCUT2D eigenvalue weighted by atomic mass is 16.5. The molecule has 0 aliphatic heterocycles. The van der Waals surface area contributed by atoms with Gasteiger partial charge in [-0.15, -0.1) is 0 Å². The first-order valence-electron chi connectivity index (χ1n) is 10.8. The molecule has 0 amide bonds. The summed E-state index contributed by atoms with van der Waals surface area (Å²) in [5.74, 6) is 1.77. The highest BCUT2D eigenvalue weighted by molar-refractivity contribution is 5.66. The number of hydrogen-bond acceptors (Lipinski definition) is 4. The molecule has 0 aromatic carbocycles. The highest BCUT2D eigenvalue weighted by Crippen LogP contribution is 2.65. The summed E-state index contributed by atoms with van der Waals surface area (Å²) in [7, 11) is 0. The minimum atomic E-state index is -0.159. The Morgan fingerprint density at radius 3 is 2.41 bits per heavy atom. The number of carbonyl (C=O) groups is 2. The fourth-order valence-corrected chi connectivity index (χ4v) is 7.31. The molecule has 27 heavy (non-hydrogen) atoms. The van der Waals surface area contributed by atoms with Gasteiger partial charge < -0.3 is 9.47 Å². The van der Waals surface area contributed by atoms with Gasteiger partial charge in [-0.3, -0.25) is 9.59 Å². The number of esters is 2. The average molecular weight is 375 g/mol. The van der Waals surface area contributed by atoms with Crippen LogP contribution in [0.2, 0.25) is 0 Å². The molecule has 0 N–H and O–H groups in total. The van der Waals surface area contributed by atoms with Crippen LogP contribution in [0, 0.1) is 28.6 Å². The Kier molecular flexibility index (Phi) is 4.67. The van der Waals surface area contributed by atoms with Crippen molar-refractivity contribution in [2.75, 3.05) is 0 Å². The van der Waals surface area contributed by atoms with Crippen LogP contribution < -0.4 is 0 Å². The van der Waals surface area contributed by atoms with Gasteiger partial charge >= 0.3 is 11.9 Å². The lowest BCUT2D eigenvalue weighted by Gasteiger charge is -2.57. The van der Waals surface area contributed by atoms with E-state index in [1.54, 1.807) is 6.92 Å². The van der Waals surface area contributed by atoms with Crippen molar-refractivity contribution in [3.63, 3.8) is 0 Å². The molecule has 4 aliphatic rings. The van der Waals surface area contributed by atoms with Crippen molar-refractivity contribution in [1.29, 1.82) is 0 Å². The number of fused-ring (bicyclic) bond motifs is 5. The van der Waals surface area contributed by atoms with Crippen LogP contribution >= 0.6 is 0 Å². The first-order chi connectivity index (χ1) is 12.7. The maximum Gasteiger partial charge on any atom is 0.302 e. The first-order valence-corrected chi connectivity index (χ1v) is 10.8. The number of ether oxygens (including phenoxy) is 2. The molecule has 0 saturated heterocycles. The van der Waals surface area contributed by atoms with Gasteiger partial charge in [0.2, 0.25) is 0 Å². The predicted octanol–water partition coefficient (Wildman–Crippen LogP) is 4.81. The average Bonchev–Trinajstić information content (AvgIpc) is 2.91. The monoisotopic (exact) mass is 374 g/mol. The molecule has 0 heterocycles. The maximum absolute atomic E-state index is 11.6. The molecular weight excluding hydrogens is 340 g/mol. The molecule has 0 unspecified atom stereocenters. The number of rotatable bonds is 2. The van der Waals surface area contributed by atoms with E-state index < -0.39 is 0 Å². The van der Waals surface area contributed by atoms with Crippen LogP contribution in [0.5, 0.6) is 0 Å². The van der Waals surface area contributed by atoms with Gasteiger partial charge in [0.1, 0.15) is 12.2 Å². The van der Waals surface area contributed by atoms with Crippen molar-refractivity contribution >= 4 is 11.9 Å². The summed E-state index contributed by atoms with van der Waals surface area (Å²) >= 11 is 0. The van der Waals surface area contributed by atoms with Crippen molar-refractivity contribution in [3.05, 3.63) is 11.6 Å². The van der Waals surface area contributed by atoms with Gasteiger partial charge in [-0.2, -0.15) is 0 Å². The lowest BCUT2D eigenvalue weighted by molar-refractivity contribution is -0.157. The van der Waals surface area contributed by atoms with E-state index in [1.165, 1.54) is 25.3 Å². The quantitative estimate of drug-likeness (QED) is 0.514. The molecule has 0 aromatic heterocycles. The standard InChI is InChI=1S/C23H34O4/c1-14(24)26-17-9-11-22(3)16(13-17)5-6-18-19-7-8-21(27-15(2)25)23(19,4)12-10-20(18)22/h5,17-21H,6-13H2,1-4H3/t17-,18-,19+,20-,21-,22-,23+/m1/s1. The molecule has 0 bridgehead atoms. The van der Waals surface area contributed by atoms with Gasteiger partial charge in [-0.1, -0.05) is 25.5 Å². The normalized spacial score (nSPS) is 45.8. The fraction of sp³-hybridized carbons (Fsp3) is 0.826. The van der Waals surface area contributed by atoms with E-state index in [9.17, 15) is 9.59 Å². The second kappa shape index (κ2) is 6.63. The second-order valence-electron chi connectivity index (χ2n) is 9.95. The molecule has 3 fully saturated rings. The smallest absolute Gasteiger partial charge is 0.302 e. The summed E-state index contributed by atoms with van der Waals surface area (Å²) in [5.41, 5.74) is 1.92. The van der Waals surface area contributed by atoms with E-state index in [4.69, 9.17) is 9.47 Å². The molecule has 0 spiro atoms. The Labute approximate surface area is 163 Å². The zero-order valence-electron chi connectivity index (χ0n) is 17.3. The summed E-state index contributed by atoms with van der Waals surface area (Å²) < 4.78 is 11.3. The molecule has 4 nitrogen and oxygen atoms in total. The SMILES string of the molecule is CC(=O)O[C@@H]1CC[C@]2(C)C(=CC[C@H]3[C@H]2CC[C@]2(C)[C@H](OC(C)=O)CC[C@@H]32)C1. The predicted molar refractivity (Wildman–Crippen MR) is 103 cm³/mol. The van der Waals surface area contributed by atoms with Crippen molar-refractivity contribution in [2.45, 2.75) is 91.3 Å². The third-order valence-corrected chi connectivity index (χ3v) is 8.61. The van der Waals surface area contributed by atoms with Crippen LogP contribution in [-0.2, 0) is 19.1 Å². The lowest BCUT2D eigenvalue weighted by atomic mass is 9.48. The molecule has 4 heteroatoms. The molecule has 4 aliphatic carbocycles. The van der Waals surface area contributed by atoms with E-state index >= 15 is 0 Å². The second-order valence-corrected chi connectivity index (χ2v) is 9.95. The van der Waals surface area contributed by atoms with Crippen LogP contribution in [0.15, 0.2) is 11.6 Å². The van der Waals surface area contributed by atoms with Crippen molar-refractivity contribution in [1.82, 2.24) is 0 Å². The third-order valence-electron chi connectivity index (χ3n) is 8.61. The van der Waals surface area contributed by atoms with Gasteiger partial charge in [0.25, 0.3) is 0 Å². The van der Waals surface area contributed by atoms with E-state index in [0.717, 1.165) is 38.5 Å². The third kappa shape index (κ3) is 3.03. The van der Waals surface area contributed by atoms with E-state index in [-0.39, 0.29) is 35.0 Å². The minimum Gasteiger partial charge on any atom is -0.462 e. The van der Waals surface area contributed by atoms with Crippen LogP contribution in [-0.4, -0.2) is 24.1 Å². The zero-order chi connectivity index (χ0) is 19.4. The topological polar surface area (TPSA) is 52.6 Å². The number of carbonyl (C=O) groups excluding carboxylic acids is 2. The zero-order valence-corrected chi connectivity index (χ0v) is 17.3. The lowest BCUT2D eigenvalue weighted by Crippen LogP contribution is -2.51. The van der Waals surface area contributed by atoms with E-state index in [2.05, 4.69) is 19.9 Å². The summed E-state index contributed by atoms with van der Waals surface area (Å²) in [6.07, 6.45) is 11.4. The maximum atomic E-state index is 11.6. The Hall–Kier alpha value is -1.32. The van der Waals surface area contributed by atoms with E-state index in [0.29, 0.717) is 17.8 Å². The van der Waals surface area contributed by atoms with Gasteiger partial charge in [-0.05, 0) is 68.1 Å². The Bertz CT molecular complexity index is 667. The summed E-state index contributed by atoms with van der Waals surface area (Å²) in [5, 5.41) is 0. The van der Waals surface area contributed by atoms with Crippen LogP contribution in [0.4, 0.5) is 0 Å². The van der Waals surface area contributed by atoms with Crippen LogP contribution in [0.1, 0.15) is 79.1 Å². The number of hydrogen-bond donors (Lipinski definition) is 0. The Morgan fingerprint density at radius 2 is 1.70 bits per heavy atom. The fourth-order valence-electron chi connectivity index (χ4n) is 7.31. The van der Waals surface area contributed by atoms with Crippen LogP contribution in [0.25, 0.3) is 0 Å². The van der Waals surface area contributed by atoms with E-state index in [1.807, 2.05) is 0 Å². The minimum absolute atomic E-state index is 0.0621. The molecule has 3 saturated carbocycles. The van der Waals surface area contributed by atoms with Crippen LogP contribution in [0.3, 0.4) is 0 Å². The molecule has 7 atom stereocenters. The Morgan fingerprint density at radius 1 is 0.963 bits per heavy atom. The van der Waals surface area contributed by atoms with Crippen molar-refractivity contribution in [2.24, 2.45) is 28.6 Å². The molecule has 150 valence electrons. The van der Waals surface area contributed by atoms with Crippen molar-refractivity contribution in [3.8, 4) is 0 Å². The highest BCUT2D eigenvalue weighted by Gasteiger charge is 2.59. The van der Waals surface area contributed by atoms with Gasteiger partial charge in [0.05, 0.1) is 0 Å². The Balaban J connectivity index is 1.55. The van der Waals surface area contributed by atoms with Gasteiger partial charge in [0.15, 0.2) is 0 Å². The van der Waals surface area contributed by atoms with Crippen molar-refractivity contribution < 1.29 is 19.1 Å². The summed E-state index contributed by atoms with van der Waals surface area (Å²) in [6.45, 7) is 7.88. The largest absolute Gasteiger partial charge is 0.462 e. The molecular formula is C23H34O4. The van der Waals surface area contributed by atoms with Gasteiger partial charge in [0, 0.05) is 25.7 Å². The molecule has 4 rings (SSSR count). The summed E-state index contributed by atoms with van der Waals surface area (Å²) in [4.78, 5) is 22.9. The number of allylic oxidation sites excluding steroid dienone is 1. The summed E-state index contributed by atoms with van der Waals surface area (Å²) in [6, 6.07) is 0.